The maximum atomic E-state index is 12.9. The smallest absolute Gasteiger partial charge is 0.272 e. The molecule has 4 heterocycles. The maximum absolute atomic E-state index is 12.9. The largest absolute Gasteiger partial charge is 0.349 e. The fourth-order valence-corrected chi connectivity index (χ4v) is 4.06. The standard InChI is InChI=1S/C26H29N7O3/c1-16(2)21-10-17(13-31(21)4)28-25(35)23-12-19(15-33(23)6)29-26(36)22-11-18(14-32(22)5)27-24(34)20-8-7-9-30(20)3/h7-15H,1H2,2-6H3,(H,27,34)(H,28,35)(H,29,36). The van der Waals surface area contributed by atoms with E-state index in [2.05, 4.69) is 22.5 Å². The summed E-state index contributed by atoms with van der Waals surface area (Å²) in [5.41, 5.74) is 4.68. The third-order valence-corrected chi connectivity index (χ3v) is 5.87. The van der Waals surface area contributed by atoms with E-state index in [-0.39, 0.29) is 17.7 Å². The molecule has 0 radical (unpaired) electrons. The van der Waals surface area contributed by atoms with Crippen LogP contribution in [-0.2, 0) is 28.2 Å². The van der Waals surface area contributed by atoms with Gasteiger partial charge >= 0.3 is 0 Å². The van der Waals surface area contributed by atoms with Crippen molar-refractivity contribution in [1.29, 1.82) is 0 Å². The Morgan fingerprint density at radius 1 is 0.639 bits per heavy atom. The van der Waals surface area contributed by atoms with Crippen LogP contribution < -0.4 is 16.0 Å². The number of nitrogens with zero attached hydrogens (tertiary/aromatic N) is 4. The summed E-state index contributed by atoms with van der Waals surface area (Å²) >= 11 is 0. The summed E-state index contributed by atoms with van der Waals surface area (Å²) in [5.74, 6) is -0.947. The molecule has 0 aromatic carbocycles. The van der Waals surface area contributed by atoms with Crippen LogP contribution in [0.1, 0.15) is 44.1 Å². The van der Waals surface area contributed by atoms with E-state index < -0.39 is 0 Å². The molecule has 0 atom stereocenters. The lowest BCUT2D eigenvalue weighted by atomic mass is 10.2. The van der Waals surface area contributed by atoms with E-state index in [4.69, 9.17) is 0 Å². The zero-order valence-electron chi connectivity index (χ0n) is 20.9. The number of aromatic nitrogens is 4. The van der Waals surface area contributed by atoms with E-state index in [1.807, 2.05) is 30.8 Å². The van der Waals surface area contributed by atoms with Gasteiger partial charge in [-0.2, -0.15) is 0 Å². The second-order valence-corrected chi connectivity index (χ2v) is 8.82. The first-order valence-corrected chi connectivity index (χ1v) is 11.2. The molecule has 36 heavy (non-hydrogen) atoms. The van der Waals surface area contributed by atoms with Gasteiger partial charge in [-0.1, -0.05) is 6.58 Å². The topological polar surface area (TPSA) is 107 Å². The van der Waals surface area contributed by atoms with Crippen molar-refractivity contribution in [3.05, 3.63) is 84.5 Å². The van der Waals surface area contributed by atoms with Crippen molar-refractivity contribution in [2.24, 2.45) is 28.2 Å². The highest BCUT2D eigenvalue weighted by atomic mass is 16.2. The SMILES string of the molecule is C=C(C)c1cc(NC(=O)c2cc(NC(=O)c3cc(NC(=O)c4cccn4C)cn3C)cn2C)cn1C. The number of allylic oxidation sites excluding steroid dienone is 1. The summed E-state index contributed by atoms with van der Waals surface area (Å²) in [6.45, 7) is 5.85. The number of carbonyl (C=O) groups is 3. The zero-order valence-corrected chi connectivity index (χ0v) is 20.9. The first-order chi connectivity index (χ1) is 17.0. The molecule has 10 heteroatoms. The van der Waals surface area contributed by atoms with Gasteiger partial charge in [0, 0.05) is 58.7 Å². The van der Waals surface area contributed by atoms with Gasteiger partial charge in [0.2, 0.25) is 0 Å². The van der Waals surface area contributed by atoms with Crippen LogP contribution in [-0.4, -0.2) is 36.0 Å². The van der Waals surface area contributed by atoms with Gasteiger partial charge in [-0.15, -0.1) is 0 Å². The second kappa shape index (κ2) is 9.49. The highest BCUT2D eigenvalue weighted by molar-refractivity contribution is 6.08. The summed E-state index contributed by atoms with van der Waals surface area (Å²) in [4.78, 5) is 38.3. The van der Waals surface area contributed by atoms with Crippen molar-refractivity contribution in [3.8, 4) is 0 Å². The van der Waals surface area contributed by atoms with Crippen molar-refractivity contribution in [3.63, 3.8) is 0 Å². The predicted molar refractivity (Wildman–Crippen MR) is 140 cm³/mol. The summed E-state index contributed by atoms with van der Waals surface area (Å²) in [5, 5.41) is 8.50. The maximum Gasteiger partial charge on any atom is 0.272 e. The molecule has 0 spiro atoms. The van der Waals surface area contributed by atoms with Gasteiger partial charge in [0.15, 0.2) is 0 Å². The number of hydrogen-bond acceptors (Lipinski definition) is 3. The van der Waals surface area contributed by atoms with E-state index in [0.717, 1.165) is 11.3 Å². The van der Waals surface area contributed by atoms with E-state index in [1.165, 1.54) is 0 Å². The fraction of sp³-hybridized carbons (Fsp3) is 0.192. The minimum absolute atomic E-state index is 0.271. The Kier molecular flexibility index (Phi) is 6.43. The molecule has 0 aliphatic heterocycles. The molecule has 0 aliphatic carbocycles. The molecule has 4 aromatic rings. The van der Waals surface area contributed by atoms with Gasteiger partial charge in [-0.05, 0) is 42.8 Å². The Morgan fingerprint density at radius 2 is 1.03 bits per heavy atom. The van der Waals surface area contributed by atoms with Crippen LogP contribution in [0.25, 0.3) is 5.57 Å². The summed E-state index contributed by atoms with van der Waals surface area (Å²) in [6.07, 6.45) is 6.93. The van der Waals surface area contributed by atoms with E-state index in [9.17, 15) is 14.4 Å². The van der Waals surface area contributed by atoms with E-state index in [1.54, 1.807) is 77.7 Å². The lowest BCUT2D eigenvalue weighted by molar-refractivity contribution is 0.101. The number of anilines is 3. The molecule has 0 saturated carbocycles. The van der Waals surface area contributed by atoms with Crippen molar-refractivity contribution < 1.29 is 14.4 Å². The minimum Gasteiger partial charge on any atom is -0.349 e. The average molecular weight is 488 g/mol. The second-order valence-electron chi connectivity index (χ2n) is 8.82. The molecule has 0 fully saturated rings. The number of amides is 3. The minimum atomic E-state index is -0.372. The van der Waals surface area contributed by atoms with Crippen LogP contribution in [0.5, 0.6) is 0 Å². The molecular weight excluding hydrogens is 458 g/mol. The first kappa shape index (κ1) is 24.4. The molecule has 3 amide bonds. The van der Waals surface area contributed by atoms with Crippen molar-refractivity contribution in [2.75, 3.05) is 16.0 Å². The van der Waals surface area contributed by atoms with Gasteiger partial charge in [-0.3, -0.25) is 14.4 Å². The van der Waals surface area contributed by atoms with Crippen LogP contribution in [0.4, 0.5) is 17.1 Å². The number of aryl methyl sites for hydroxylation is 4. The number of nitrogens with one attached hydrogen (secondary N) is 3. The molecular formula is C26H29N7O3. The molecule has 4 rings (SSSR count). The molecule has 0 bridgehead atoms. The Balaban J connectivity index is 1.44. The van der Waals surface area contributed by atoms with Gasteiger partial charge in [-0.25, -0.2) is 0 Å². The van der Waals surface area contributed by atoms with Crippen LogP contribution in [0.3, 0.4) is 0 Å². The van der Waals surface area contributed by atoms with Crippen LogP contribution in [0, 0.1) is 0 Å². The van der Waals surface area contributed by atoms with Crippen LogP contribution >= 0.6 is 0 Å². The van der Waals surface area contributed by atoms with Crippen molar-refractivity contribution >= 4 is 40.4 Å². The molecule has 3 N–H and O–H groups in total. The summed E-state index contributed by atoms with van der Waals surface area (Å²) in [7, 11) is 7.12. The monoisotopic (exact) mass is 487 g/mol. The van der Waals surface area contributed by atoms with Crippen LogP contribution in [0.2, 0.25) is 0 Å². The third kappa shape index (κ3) is 4.88. The number of hydrogen-bond donors (Lipinski definition) is 3. The highest BCUT2D eigenvalue weighted by Crippen LogP contribution is 2.21. The summed E-state index contributed by atoms with van der Waals surface area (Å²) in [6, 6.07) is 8.56. The Labute approximate surface area is 208 Å². The number of carbonyl (C=O) groups excluding carboxylic acids is 3. The van der Waals surface area contributed by atoms with Gasteiger partial charge in [0.05, 0.1) is 17.1 Å². The third-order valence-electron chi connectivity index (χ3n) is 5.87. The van der Waals surface area contributed by atoms with E-state index in [0.29, 0.717) is 34.1 Å². The van der Waals surface area contributed by atoms with Gasteiger partial charge < -0.3 is 34.2 Å². The Bertz CT molecular complexity index is 1500. The zero-order chi connectivity index (χ0) is 26.1. The molecule has 0 unspecified atom stereocenters. The normalized spacial score (nSPS) is 10.8. The molecule has 10 nitrogen and oxygen atoms in total. The number of rotatable bonds is 7. The lowest BCUT2D eigenvalue weighted by Gasteiger charge is -2.03. The highest BCUT2D eigenvalue weighted by Gasteiger charge is 2.18. The average Bonchev–Trinajstić information content (AvgIpc) is 3.55. The van der Waals surface area contributed by atoms with Gasteiger partial charge in [0.1, 0.15) is 17.1 Å². The van der Waals surface area contributed by atoms with E-state index >= 15 is 0 Å². The summed E-state index contributed by atoms with van der Waals surface area (Å²) < 4.78 is 6.88. The molecule has 0 saturated heterocycles. The van der Waals surface area contributed by atoms with Gasteiger partial charge in [0.25, 0.3) is 17.7 Å². The predicted octanol–water partition coefficient (Wildman–Crippen LogP) is 3.83. The first-order valence-electron chi connectivity index (χ1n) is 11.2. The molecule has 0 aliphatic rings. The van der Waals surface area contributed by atoms with Crippen LogP contribution in [0.15, 0.2) is 61.7 Å². The van der Waals surface area contributed by atoms with Crippen molar-refractivity contribution in [2.45, 2.75) is 6.92 Å². The fourth-order valence-electron chi connectivity index (χ4n) is 4.06. The Hall–Kier alpha value is -4.73. The quantitative estimate of drug-likeness (QED) is 0.369. The molecule has 186 valence electrons. The van der Waals surface area contributed by atoms with Crippen molar-refractivity contribution in [1.82, 2.24) is 18.3 Å². The lowest BCUT2D eigenvalue weighted by Crippen LogP contribution is -2.15. The Morgan fingerprint density at radius 3 is 1.39 bits per heavy atom. The molecule has 4 aromatic heterocycles.